The average molecular weight is 301 g/mol. The van der Waals surface area contributed by atoms with E-state index in [1.165, 1.54) is 25.2 Å². The van der Waals surface area contributed by atoms with Crippen LogP contribution in [0.15, 0.2) is 23.1 Å². The fourth-order valence-corrected chi connectivity index (χ4v) is 3.01. The maximum Gasteiger partial charge on any atom is 0.312 e. The Balaban J connectivity index is 3.44. The number of nitrogens with zero attached hydrogens (tertiary/aromatic N) is 2. The van der Waals surface area contributed by atoms with Crippen molar-refractivity contribution in [1.82, 2.24) is 4.31 Å². The molecule has 8 heteroatoms. The minimum absolute atomic E-state index is 0.224. The molecule has 112 valence electrons. The standard InChI is InChI=1S/C12H19N3O4S/c1-4-9-13-10-7-6-8-11(12(10)15(16)17)20(18,19)14(3)5-2/h6-8,13H,4-5,9H2,1-3H3. The van der Waals surface area contributed by atoms with Crippen LogP contribution in [0.3, 0.4) is 0 Å². The molecule has 20 heavy (non-hydrogen) atoms. The molecule has 0 heterocycles. The van der Waals surface area contributed by atoms with Crippen LogP contribution in [0, 0.1) is 10.1 Å². The molecule has 0 radical (unpaired) electrons. The second kappa shape index (κ2) is 6.67. The summed E-state index contributed by atoms with van der Waals surface area (Å²) in [5, 5.41) is 14.1. The lowest BCUT2D eigenvalue weighted by molar-refractivity contribution is -0.386. The fourth-order valence-electron chi connectivity index (χ4n) is 1.66. The Morgan fingerprint density at radius 1 is 1.35 bits per heavy atom. The number of nitrogens with one attached hydrogen (secondary N) is 1. The van der Waals surface area contributed by atoms with Crippen LogP contribution >= 0.6 is 0 Å². The van der Waals surface area contributed by atoms with Gasteiger partial charge in [-0.15, -0.1) is 0 Å². The quantitative estimate of drug-likeness (QED) is 0.614. The Bertz CT molecular complexity index is 586. The second-order valence-electron chi connectivity index (χ2n) is 4.26. The summed E-state index contributed by atoms with van der Waals surface area (Å²) in [6.07, 6.45) is 0.781. The number of para-hydroxylation sites is 1. The van der Waals surface area contributed by atoms with E-state index in [1.54, 1.807) is 6.92 Å². The van der Waals surface area contributed by atoms with Crippen molar-refractivity contribution in [3.05, 3.63) is 28.3 Å². The molecular weight excluding hydrogens is 282 g/mol. The molecule has 0 saturated heterocycles. The van der Waals surface area contributed by atoms with Crippen LogP contribution in [-0.4, -0.2) is 37.8 Å². The van der Waals surface area contributed by atoms with E-state index in [0.29, 0.717) is 6.54 Å². The highest BCUT2D eigenvalue weighted by molar-refractivity contribution is 7.89. The maximum atomic E-state index is 12.3. The van der Waals surface area contributed by atoms with Gasteiger partial charge in [-0.2, -0.15) is 0 Å². The smallest absolute Gasteiger partial charge is 0.312 e. The van der Waals surface area contributed by atoms with Gasteiger partial charge < -0.3 is 5.32 Å². The first kappa shape index (κ1) is 16.4. The van der Waals surface area contributed by atoms with Crippen LogP contribution in [0.5, 0.6) is 0 Å². The number of sulfonamides is 1. The Kier molecular flexibility index (Phi) is 5.46. The first-order valence-corrected chi connectivity index (χ1v) is 7.77. The zero-order valence-corrected chi connectivity index (χ0v) is 12.6. The van der Waals surface area contributed by atoms with E-state index in [-0.39, 0.29) is 17.1 Å². The molecule has 0 aliphatic carbocycles. The number of hydrogen-bond donors (Lipinski definition) is 1. The second-order valence-corrected chi connectivity index (χ2v) is 6.27. The molecule has 7 nitrogen and oxygen atoms in total. The van der Waals surface area contributed by atoms with Gasteiger partial charge >= 0.3 is 5.69 Å². The lowest BCUT2D eigenvalue weighted by Crippen LogP contribution is -2.27. The van der Waals surface area contributed by atoms with Crippen molar-refractivity contribution in [1.29, 1.82) is 0 Å². The molecule has 0 unspecified atom stereocenters. The zero-order valence-electron chi connectivity index (χ0n) is 11.8. The third-order valence-corrected chi connectivity index (χ3v) is 4.84. The largest absolute Gasteiger partial charge is 0.379 e. The van der Waals surface area contributed by atoms with E-state index >= 15 is 0 Å². The van der Waals surface area contributed by atoms with Crippen LogP contribution in [0.25, 0.3) is 0 Å². The molecule has 1 aromatic rings. The van der Waals surface area contributed by atoms with Crippen molar-refractivity contribution in [3.8, 4) is 0 Å². The Morgan fingerprint density at radius 2 is 2.00 bits per heavy atom. The molecule has 0 aliphatic heterocycles. The number of benzene rings is 1. The van der Waals surface area contributed by atoms with Crippen molar-refractivity contribution in [2.75, 3.05) is 25.5 Å². The van der Waals surface area contributed by atoms with Gasteiger partial charge in [0.2, 0.25) is 10.0 Å². The minimum Gasteiger partial charge on any atom is -0.379 e. The van der Waals surface area contributed by atoms with Gasteiger partial charge in [0.15, 0.2) is 4.90 Å². The summed E-state index contributed by atoms with van der Waals surface area (Å²) in [5.41, 5.74) is -0.177. The van der Waals surface area contributed by atoms with Gasteiger partial charge in [-0.25, -0.2) is 12.7 Å². The van der Waals surface area contributed by atoms with Crippen molar-refractivity contribution >= 4 is 21.4 Å². The highest BCUT2D eigenvalue weighted by atomic mass is 32.2. The van der Waals surface area contributed by atoms with Gasteiger partial charge in [-0.3, -0.25) is 10.1 Å². The summed E-state index contributed by atoms with van der Waals surface area (Å²) >= 11 is 0. The molecule has 0 bridgehead atoms. The van der Waals surface area contributed by atoms with Gasteiger partial charge in [-0.05, 0) is 18.6 Å². The summed E-state index contributed by atoms with van der Waals surface area (Å²) < 4.78 is 25.7. The van der Waals surface area contributed by atoms with Crippen molar-refractivity contribution in [3.63, 3.8) is 0 Å². The fraction of sp³-hybridized carbons (Fsp3) is 0.500. The Hall–Kier alpha value is -1.67. The van der Waals surface area contributed by atoms with E-state index in [9.17, 15) is 18.5 Å². The average Bonchev–Trinajstić information content (AvgIpc) is 2.43. The lowest BCUT2D eigenvalue weighted by Gasteiger charge is -2.16. The van der Waals surface area contributed by atoms with E-state index in [2.05, 4.69) is 5.32 Å². The summed E-state index contributed by atoms with van der Waals surface area (Å²) in [4.78, 5) is 10.3. The van der Waals surface area contributed by atoms with E-state index < -0.39 is 20.6 Å². The third kappa shape index (κ3) is 3.26. The van der Waals surface area contributed by atoms with E-state index in [0.717, 1.165) is 10.7 Å². The lowest BCUT2D eigenvalue weighted by atomic mass is 10.2. The first-order chi connectivity index (χ1) is 9.36. The number of hydrogen-bond acceptors (Lipinski definition) is 5. The molecule has 1 rings (SSSR count). The number of rotatable bonds is 7. The molecule has 1 aromatic carbocycles. The first-order valence-electron chi connectivity index (χ1n) is 6.33. The summed E-state index contributed by atoms with van der Waals surface area (Å²) in [6, 6.07) is 4.27. The van der Waals surface area contributed by atoms with Crippen molar-refractivity contribution in [2.24, 2.45) is 0 Å². The summed E-state index contributed by atoms with van der Waals surface area (Å²) in [7, 11) is -2.47. The van der Waals surface area contributed by atoms with Crippen LogP contribution < -0.4 is 5.32 Å². The maximum absolute atomic E-state index is 12.3. The monoisotopic (exact) mass is 301 g/mol. The van der Waals surface area contributed by atoms with Crippen LogP contribution in [0.2, 0.25) is 0 Å². The minimum atomic E-state index is -3.86. The van der Waals surface area contributed by atoms with Crippen molar-refractivity contribution < 1.29 is 13.3 Å². The number of nitro benzene ring substituents is 1. The SMILES string of the molecule is CCCNc1cccc(S(=O)(=O)N(C)CC)c1[N+](=O)[O-]. The van der Waals surface area contributed by atoms with E-state index in [4.69, 9.17) is 0 Å². The molecule has 0 aromatic heterocycles. The highest BCUT2D eigenvalue weighted by Gasteiger charge is 2.31. The van der Waals surface area contributed by atoms with Crippen molar-refractivity contribution in [2.45, 2.75) is 25.2 Å². The Morgan fingerprint density at radius 3 is 2.50 bits per heavy atom. The van der Waals surface area contributed by atoms with Gasteiger partial charge in [-0.1, -0.05) is 19.9 Å². The third-order valence-electron chi connectivity index (χ3n) is 2.88. The summed E-state index contributed by atoms with van der Waals surface area (Å²) in [6.45, 7) is 4.37. The van der Waals surface area contributed by atoms with Gasteiger partial charge in [0.1, 0.15) is 5.69 Å². The molecule has 0 amide bonds. The van der Waals surface area contributed by atoms with Crippen LogP contribution in [0.4, 0.5) is 11.4 Å². The molecule has 0 spiro atoms. The van der Waals surface area contributed by atoms with Crippen LogP contribution in [-0.2, 0) is 10.0 Å². The normalized spacial score (nSPS) is 11.6. The predicted molar refractivity (Wildman–Crippen MR) is 77.4 cm³/mol. The zero-order chi connectivity index (χ0) is 15.3. The van der Waals surface area contributed by atoms with Gasteiger partial charge in [0.05, 0.1) is 4.92 Å². The molecule has 1 N–H and O–H groups in total. The highest BCUT2D eigenvalue weighted by Crippen LogP contribution is 2.33. The van der Waals surface area contributed by atoms with E-state index in [1.807, 2.05) is 6.92 Å². The summed E-state index contributed by atoms with van der Waals surface area (Å²) in [5.74, 6) is 0. The predicted octanol–water partition coefficient (Wildman–Crippen LogP) is 2.06. The molecule has 0 saturated carbocycles. The topological polar surface area (TPSA) is 92.6 Å². The molecular formula is C12H19N3O4S. The number of anilines is 1. The Labute approximate surface area is 118 Å². The molecule has 0 aliphatic rings. The van der Waals surface area contributed by atoms with Gasteiger partial charge in [0.25, 0.3) is 0 Å². The molecule has 0 atom stereocenters. The molecule has 0 fully saturated rings. The van der Waals surface area contributed by atoms with Crippen LogP contribution in [0.1, 0.15) is 20.3 Å². The number of nitro groups is 1. The van der Waals surface area contributed by atoms with Gasteiger partial charge in [0, 0.05) is 20.1 Å².